The summed E-state index contributed by atoms with van der Waals surface area (Å²) in [6.07, 6.45) is -12.5. The number of carbonyl (C=O) groups excluding carboxylic acids is 3. The van der Waals surface area contributed by atoms with Crippen molar-refractivity contribution in [2.45, 2.75) is 115 Å². The van der Waals surface area contributed by atoms with E-state index in [-0.39, 0.29) is 38.5 Å². The number of phosphoric acid groups is 3. The molecule has 4 unspecified atom stereocenters. The molecule has 18 nitrogen and oxygen atoms in total. The van der Waals surface area contributed by atoms with Gasteiger partial charge in [-0.25, -0.2) is 13.7 Å². The molecule has 0 aromatic carbocycles. The molecular formula is C21H39O18P3. The summed E-state index contributed by atoms with van der Waals surface area (Å²) in [7, 11) is -17.1. The van der Waals surface area contributed by atoms with E-state index in [9.17, 15) is 57.4 Å². The van der Waals surface area contributed by atoms with Crippen molar-refractivity contribution in [1.29, 1.82) is 0 Å². The summed E-state index contributed by atoms with van der Waals surface area (Å²) < 4.78 is 65.8. The van der Waals surface area contributed by atoms with Crippen molar-refractivity contribution in [3.8, 4) is 0 Å². The zero-order chi connectivity index (χ0) is 32.3. The van der Waals surface area contributed by atoms with E-state index in [1.54, 1.807) is 20.8 Å². The molecule has 21 heteroatoms. The molecule has 1 fully saturated rings. The van der Waals surface area contributed by atoms with E-state index in [1.807, 2.05) is 0 Å². The van der Waals surface area contributed by atoms with Gasteiger partial charge in [-0.3, -0.25) is 28.0 Å². The van der Waals surface area contributed by atoms with Gasteiger partial charge in [0.15, 0.2) is 18.3 Å². The third-order valence-corrected chi connectivity index (χ3v) is 7.28. The molecule has 42 heavy (non-hydrogen) atoms. The Bertz CT molecular complexity index is 975. The van der Waals surface area contributed by atoms with Crippen LogP contribution in [0, 0.1) is 0 Å². The van der Waals surface area contributed by atoms with Crippen LogP contribution in [0.5, 0.6) is 0 Å². The summed E-state index contributed by atoms with van der Waals surface area (Å²) in [6, 6.07) is 0. The third-order valence-electron chi connectivity index (χ3n) is 5.73. The highest BCUT2D eigenvalue weighted by atomic mass is 31.2. The van der Waals surface area contributed by atoms with Crippen molar-refractivity contribution in [3.05, 3.63) is 0 Å². The number of rotatable bonds is 18. The van der Waals surface area contributed by atoms with Crippen LogP contribution in [0.25, 0.3) is 0 Å². The topological polar surface area (TPSA) is 279 Å². The van der Waals surface area contributed by atoms with Gasteiger partial charge in [-0.1, -0.05) is 40.0 Å². The van der Waals surface area contributed by atoms with Gasteiger partial charge in [0.05, 0.1) is 0 Å². The Morgan fingerprint density at radius 3 is 0.905 bits per heavy atom. The van der Waals surface area contributed by atoms with Crippen molar-refractivity contribution in [2.24, 2.45) is 0 Å². The van der Waals surface area contributed by atoms with E-state index in [0.29, 0.717) is 19.3 Å². The van der Waals surface area contributed by atoms with Crippen LogP contribution in [-0.2, 0) is 55.9 Å². The molecule has 0 aromatic heterocycles. The molecule has 0 aromatic rings. The minimum absolute atomic E-state index is 0.254. The molecule has 1 rings (SSSR count). The van der Waals surface area contributed by atoms with Gasteiger partial charge in [-0.05, 0) is 19.3 Å². The normalized spacial score (nSPS) is 25.1. The van der Waals surface area contributed by atoms with Crippen molar-refractivity contribution in [2.75, 3.05) is 0 Å². The number of phosphoric ester groups is 3. The highest BCUT2D eigenvalue weighted by Crippen LogP contribution is 2.51. The molecule has 0 bridgehead atoms. The highest BCUT2D eigenvalue weighted by molar-refractivity contribution is 7.47. The zero-order valence-electron chi connectivity index (χ0n) is 23.3. The molecular weight excluding hydrogens is 633 g/mol. The lowest BCUT2D eigenvalue weighted by Crippen LogP contribution is -2.67. The van der Waals surface area contributed by atoms with Crippen LogP contribution in [-0.4, -0.2) is 83.9 Å². The lowest BCUT2D eigenvalue weighted by Gasteiger charge is -2.47. The molecule has 1 aliphatic rings. The van der Waals surface area contributed by atoms with Crippen molar-refractivity contribution < 1.29 is 85.2 Å². The summed E-state index contributed by atoms with van der Waals surface area (Å²) in [6.45, 7) is 5.19. The number of hydrogen-bond acceptors (Lipinski definition) is 12. The second-order valence-electron chi connectivity index (χ2n) is 9.36. The maximum atomic E-state index is 12.7. The van der Waals surface area contributed by atoms with Gasteiger partial charge in [0.1, 0.15) is 18.3 Å². The standard InChI is InChI=1S/C21H39O18P3/c1-4-7-10-13(22)34-16-17(35-14(23)11-8-5-2)19(37-40(25,26)27)21(39-42(31,32)33)20(38-41(28,29)30)18(16)36-15(24)12-9-6-3/h16-21H,4-12H2,1-3H3,(H2,25,26,27)(H2,28,29,30)(H2,31,32,33). The first kappa shape index (κ1) is 38.8. The van der Waals surface area contributed by atoms with Crippen molar-refractivity contribution in [1.82, 2.24) is 0 Å². The molecule has 0 saturated heterocycles. The fourth-order valence-corrected chi connectivity index (χ4v) is 5.63. The molecule has 0 aliphatic heterocycles. The summed E-state index contributed by atoms with van der Waals surface area (Å²) in [5.41, 5.74) is 0. The summed E-state index contributed by atoms with van der Waals surface area (Å²) in [5.74, 6) is -3.10. The third kappa shape index (κ3) is 14.5. The predicted molar refractivity (Wildman–Crippen MR) is 139 cm³/mol. The van der Waals surface area contributed by atoms with Gasteiger partial charge < -0.3 is 43.6 Å². The van der Waals surface area contributed by atoms with E-state index in [4.69, 9.17) is 14.2 Å². The monoisotopic (exact) mass is 672 g/mol. The van der Waals surface area contributed by atoms with Crippen molar-refractivity contribution >= 4 is 41.4 Å². The van der Waals surface area contributed by atoms with Crippen LogP contribution in [0.1, 0.15) is 78.6 Å². The zero-order valence-corrected chi connectivity index (χ0v) is 25.9. The molecule has 0 amide bonds. The smallest absolute Gasteiger partial charge is 0.455 e. The Morgan fingerprint density at radius 2 is 0.690 bits per heavy atom. The van der Waals surface area contributed by atoms with Gasteiger partial charge in [0.2, 0.25) is 0 Å². The number of esters is 3. The average molecular weight is 672 g/mol. The number of ether oxygens (including phenoxy) is 3. The quantitative estimate of drug-likeness (QED) is 0.0687. The molecule has 0 heterocycles. The van der Waals surface area contributed by atoms with E-state index < -0.39 is 78.0 Å². The second kappa shape index (κ2) is 17.3. The molecule has 1 aliphatic carbocycles. The fourth-order valence-electron chi connectivity index (χ4n) is 3.96. The number of unbranched alkanes of at least 4 members (excludes halogenated alkanes) is 3. The number of hydrogen-bond donors (Lipinski definition) is 6. The fraction of sp³-hybridized carbons (Fsp3) is 0.857. The molecule has 246 valence electrons. The summed E-state index contributed by atoms with van der Waals surface area (Å²) >= 11 is 0. The SMILES string of the molecule is CCCCC(=O)OC1C(OC(=O)CCCC)C(OP(=O)(O)O)C(OP(=O)(O)O)C(OP(=O)(O)O)C1OC(=O)CCCC. The van der Waals surface area contributed by atoms with Gasteiger partial charge in [-0.15, -0.1) is 0 Å². The van der Waals surface area contributed by atoms with Crippen LogP contribution in [0.2, 0.25) is 0 Å². The minimum atomic E-state index is -5.71. The second-order valence-corrected chi connectivity index (χ2v) is 12.9. The minimum Gasteiger partial charge on any atom is -0.455 e. The van der Waals surface area contributed by atoms with E-state index in [2.05, 4.69) is 13.6 Å². The Kier molecular flexibility index (Phi) is 16.0. The molecule has 1 saturated carbocycles. The molecule has 6 N–H and O–H groups in total. The van der Waals surface area contributed by atoms with Gasteiger partial charge in [-0.2, -0.15) is 0 Å². The first-order valence-corrected chi connectivity index (χ1v) is 17.7. The summed E-state index contributed by atoms with van der Waals surface area (Å²) in [5, 5.41) is 0. The number of carbonyl (C=O) groups is 3. The van der Waals surface area contributed by atoms with E-state index >= 15 is 0 Å². The van der Waals surface area contributed by atoms with Crippen LogP contribution in [0.4, 0.5) is 0 Å². The first-order chi connectivity index (χ1) is 19.3. The average Bonchev–Trinajstić information content (AvgIpc) is 2.84. The molecule has 0 radical (unpaired) electrons. The molecule has 0 spiro atoms. The molecule has 4 atom stereocenters. The lowest BCUT2D eigenvalue weighted by molar-refractivity contribution is -0.241. The Hall–Kier alpha value is -1.26. The Balaban J connectivity index is 3.93. The maximum absolute atomic E-state index is 12.7. The summed E-state index contributed by atoms with van der Waals surface area (Å²) in [4.78, 5) is 95.6. The Labute approximate surface area is 242 Å². The van der Waals surface area contributed by atoms with Crippen LogP contribution >= 0.6 is 23.5 Å². The van der Waals surface area contributed by atoms with Gasteiger partial charge in [0, 0.05) is 19.3 Å². The predicted octanol–water partition coefficient (Wildman–Crippen LogP) is 1.74. The van der Waals surface area contributed by atoms with Gasteiger partial charge >= 0.3 is 41.4 Å². The van der Waals surface area contributed by atoms with Gasteiger partial charge in [0.25, 0.3) is 0 Å². The van der Waals surface area contributed by atoms with Crippen LogP contribution in [0.3, 0.4) is 0 Å². The first-order valence-electron chi connectivity index (χ1n) is 13.1. The maximum Gasteiger partial charge on any atom is 0.470 e. The lowest BCUT2D eigenvalue weighted by atomic mass is 9.84. The van der Waals surface area contributed by atoms with Crippen LogP contribution < -0.4 is 0 Å². The van der Waals surface area contributed by atoms with Crippen LogP contribution in [0.15, 0.2) is 0 Å². The largest absolute Gasteiger partial charge is 0.470 e. The highest BCUT2D eigenvalue weighted by Gasteiger charge is 2.62. The van der Waals surface area contributed by atoms with E-state index in [1.165, 1.54) is 0 Å². The Morgan fingerprint density at radius 1 is 0.476 bits per heavy atom. The van der Waals surface area contributed by atoms with E-state index in [0.717, 1.165) is 0 Å². The van der Waals surface area contributed by atoms with Crippen molar-refractivity contribution in [3.63, 3.8) is 0 Å².